The predicted molar refractivity (Wildman–Crippen MR) is 89.5 cm³/mol. The van der Waals surface area contributed by atoms with Gasteiger partial charge in [-0.1, -0.05) is 0 Å². The molecule has 0 fully saturated rings. The van der Waals surface area contributed by atoms with Gasteiger partial charge in [-0.2, -0.15) is 5.10 Å². The van der Waals surface area contributed by atoms with Crippen molar-refractivity contribution in [3.63, 3.8) is 0 Å². The lowest BCUT2D eigenvalue weighted by atomic mass is 9.88. The van der Waals surface area contributed by atoms with Gasteiger partial charge < -0.3 is 11.1 Å². The Hall–Kier alpha value is -1.89. The van der Waals surface area contributed by atoms with E-state index in [4.69, 9.17) is 5.73 Å². The number of rotatable bonds is 2. The molecule has 7 heteroatoms. The van der Waals surface area contributed by atoms with Crippen LogP contribution in [-0.4, -0.2) is 27.1 Å². The molecule has 2 aliphatic carbocycles. The number of aromatic nitrogens is 3. The Morgan fingerprint density at radius 2 is 2.26 bits per heavy atom. The molecule has 4 N–H and O–H groups in total. The minimum atomic E-state index is -0.144. The molecule has 2 atom stereocenters. The number of nitrogens with one attached hydrogen (secondary N) is 2. The molecule has 1 amide bonds. The number of fused-ring (bicyclic) bond motifs is 2. The number of aromatic amines is 1. The van der Waals surface area contributed by atoms with E-state index in [-0.39, 0.29) is 17.9 Å². The molecular weight excluding hydrogens is 310 g/mol. The van der Waals surface area contributed by atoms with Gasteiger partial charge in [-0.3, -0.25) is 9.89 Å². The SMILES string of the molecule is Cc1[nH]nc2c1CCC(NC(=O)C1CCCc3sc(N)nc31)C2. The quantitative estimate of drug-likeness (QED) is 0.782. The summed E-state index contributed by atoms with van der Waals surface area (Å²) >= 11 is 1.52. The zero-order chi connectivity index (χ0) is 16.0. The molecule has 0 saturated heterocycles. The third kappa shape index (κ3) is 2.63. The normalized spacial score (nSPS) is 23.2. The van der Waals surface area contributed by atoms with E-state index in [1.54, 1.807) is 0 Å². The summed E-state index contributed by atoms with van der Waals surface area (Å²) in [5.41, 5.74) is 10.3. The van der Waals surface area contributed by atoms with Crippen LogP contribution in [0.2, 0.25) is 0 Å². The van der Waals surface area contributed by atoms with Gasteiger partial charge in [0, 0.05) is 23.0 Å². The summed E-state index contributed by atoms with van der Waals surface area (Å²) in [5, 5.41) is 11.2. The van der Waals surface area contributed by atoms with Crippen LogP contribution in [0.1, 0.15) is 52.7 Å². The number of thiazole rings is 1. The van der Waals surface area contributed by atoms with E-state index in [2.05, 4.69) is 27.4 Å². The number of aryl methyl sites for hydroxylation is 2. The highest BCUT2D eigenvalue weighted by atomic mass is 32.1. The molecule has 0 aromatic carbocycles. The predicted octanol–water partition coefficient (Wildman–Crippen LogP) is 1.85. The highest BCUT2D eigenvalue weighted by molar-refractivity contribution is 7.15. The van der Waals surface area contributed by atoms with Crippen molar-refractivity contribution in [3.8, 4) is 0 Å². The summed E-state index contributed by atoms with van der Waals surface area (Å²) < 4.78 is 0. The van der Waals surface area contributed by atoms with Gasteiger partial charge in [0.15, 0.2) is 5.13 Å². The van der Waals surface area contributed by atoms with Gasteiger partial charge in [0.2, 0.25) is 5.91 Å². The zero-order valence-electron chi connectivity index (χ0n) is 13.2. The van der Waals surface area contributed by atoms with Gasteiger partial charge in [-0.25, -0.2) is 4.98 Å². The Morgan fingerprint density at radius 3 is 3.13 bits per heavy atom. The smallest absolute Gasteiger partial charge is 0.229 e. The summed E-state index contributed by atoms with van der Waals surface area (Å²) in [6, 6.07) is 0.166. The highest BCUT2D eigenvalue weighted by Gasteiger charge is 2.32. The molecule has 6 nitrogen and oxygen atoms in total. The summed E-state index contributed by atoms with van der Waals surface area (Å²) in [7, 11) is 0. The Morgan fingerprint density at radius 1 is 1.39 bits per heavy atom. The van der Waals surface area contributed by atoms with Crippen LogP contribution in [0.3, 0.4) is 0 Å². The molecule has 2 heterocycles. The second-order valence-electron chi connectivity index (χ2n) is 6.53. The lowest BCUT2D eigenvalue weighted by Crippen LogP contribution is -2.42. The van der Waals surface area contributed by atoms with Gasteiger partial charge in [0.05, 0.1) is 17.3 Å². The number of nitrogens with zero attached hydrogens (tertiary/aromatic N) is 2. The molecular formula is C16H21N5OS. The minimum Gasteiger partial charge on any atom is -0.375 e. The number of carbonyl (C=O) groups is 1. The molecule has 2 aromatic heterocycles. The molecule has 2 aliphatic rings. The number of amides is 1. The first-order valence-corrected chi connectivity index (χ1v) is 9.01. The molecule has 0 radical (unpaired) electrons. The fraction of sp³-hybridized carbons (Fsp3) is 0.562. The molecule has 122 valence electrons. The Kier molecular flexibility index (Phi) is 3.60. The maximum atomic E-state index is 12.7. The average molecular weight is 331 g/mol. The third-order valence-electron chi connectivity index (χ3n) is 4.98. The number of anilines is 1. The van der Waals surface area contributed by atoms with Crippen molar-refractivity contribution >= 4 is 22.4 Å². The summed E-state index contributed by atoms with van der Waals surface area (Å²) in [6.07, 6.45) is 5.64. The van der Waals surface area contributed by atoms with Crippen LogP contribution in [0, 0.1) is 6.92 Å². The molecule has 0 saturated carbocycles. The number of carbonyl (C=O) groups excluding carboxylic acids is 1. The highest BCUT2D eigenvalue weighted by Crippen LogP contribution is 2.36. The van der Waals surface area contributed by atoms with Gasteiger partial charge >= 0.3 is 0 Å². The van der Waals surface area contributed by atoms with Crippen LogP contribution in [0.15, 0.2) is 0 Å². The Labute approximate surface area is 138 Å². The first kappa shape index (κ1) is 14.7. The van der Waals surface area contributed by atoms with Gasteiger partial charge in [-0.15, -0.1) is 11.3 Å². The van der Waals surface area contributed by atoms with Crippen LogP contribution in [0.4, 0.5) is 5.13 Å². The van der Waals surface area contributed by atoms with E-state index in [9.17, 15) is 4.79 Å². The minimum absolute atomic E-state index is 0.0944. The van der Waals surface area contributed by atoms with E-state index in [0.717, 1.165) is 55.6 Å². The first-order valence-electron chi connectivity index (χ1n) is 8.20. The van der Waals surface area contributed by atoms with Crippen molar-refractivity contribution in [1.82, 2.24) is 20.5 Å². The van der Waals surface area contributed by atoms with E-state index in [1.807, 2.05) is 0 Å². The largest absolute Gasteiger partial charge is 0.375 e. The van der Waals surface area contributed by atoms with Crippen LogP contribution >= 0.6 is 11.3 Å². The average Bonchev–Trinajstić information content (AvgIpc) is 3.09. The molecule has 23 heavy (non-hydrogen) atoms. The first-order chi connectivity index (χ1) is 11.1. The summed E-state index contributed by atoms with van der Waals surface area (Å²) in [6.45, 7) is 2.06. The lowest BCUT2D eigenvalue weighted by molar-refractivity contribution is -0.123. The topological polar surface area (TPSA) is 96.7 Å². The van der Waals surface area contributed by atoms with E-state index in [0.29, 0.717) is 5.13 Å². The van der Waals surface area contributed by atoms with Crippen molar-refractivity contribution in [3.05, 3.63) is 27.5 Å². The molecule has 0 spiro atoms. The second kappa shape index (κ2) is 5.63. The number of nitrogen functional groups attached to an aromatic ring is 1. The maximum Gasteiger partial charge on any atom is 0.229 e. The summed E-state index contributed by atoms with van der Waals surface area (Å²) in [4.78, 5) is 18.3. The van der Waals surface area contributed by atoms with Gasteiger partial charge in [0.1, 0.15) is 0 Å². The zero-order valence-corrected chi connectivity index (χ0v) is 14.0. The van der Waals surface area contributed by atoms with Crippen molar-refractivity contribution in [2.24, 2.45) is 0 Å². The van der Waals surface area contributed by atoms with Crippen LogP contribution in [0.25, 0.3) is 0 Å². The van der Waals surface area contributed by atoms with Gasteiger partial charge in [0.25, 0.3) is 0 Å². The standard InChI is InChI=1S/C16H21N5OS/c1-8-10-6-5-9(7-12(10)21-20-8)18-15(22)11-3-2-4-13-14(11)19-16(17)23-13/h9,11H,2-7H2,1H3,(H2,17,19)(H,18,22)(H,20,21). The number of hydrogen-bond acceptors (Lipinski definition) is 5. The van der Waals surface area contributed by atoms with Crippen LogP contribution in [0.5, 0.6) is 0 Å². The van der Waals surface area contributed by atoms with Crippen LogP contribution < -0.4 is 11.1 Å². The van der Waals surface area contributed by atoms with Gasteiger partial charge in [-0.05, 0) is 44.6 Å². The number of hydrogen-bond donors (Lipinski definition) is 3. The van der Waals surface area contributed by atoms with E-state index in [1.165, 1.54) is 21.8 Å². The summed E-state index contributed by atoms with van der Waals surface area (Å²) in [5.74, 6) is -0.0495. The molecule has 0 aliphatic heterocycles. The van der Waals surface area contributed by atoms with E-state index >= 15 is 0 Å². The third-order valence-corrected chi connectivity index (χ3v) is 5.94. The van der Waals surface area contributed by atoms with Crippen molar-refractivity contribution in [2.75, 3.05) is 5.73 Å². The molecule has 2 aromatic rings. The van der Waals surface area contributed by atoms with Crippen molar-refractivity contribution in [2.45, 2.75) is 57.4 Å². The Balaban J connectivity index is 1.47. The second-order valence-corrected chi connectivity index (χ2v) is 7.64. The van der Waals surface area contributed by atoms with Crippen molar-refractivity contribution in [1.29, 1.82) is 0 Å². The maximum absolute atomic E-state index is 12.7. The number of H-pyrrole nitrogens is 1. The fourth-order valence-corrected chi connectivity index (χ4v) is 4.71. The fourth-order valence-electron chi connectivity index (χ4n) is 3.77. The van der Waals surface area contributed by atoms with E-state index < -0.39 is 0 Å². The number of nitrogens with two attached hydrogens (primary N) is 1. The van der Waals surface area contributed by atoms with Crippen molar-refractivity contribution < 1.29 is 4.79 Å². The molecule has 0 bridgehead atoms. The Bertz CT molecular complexity index is 750. The monoisotopic (exact) mass is 331 g/mol. The lowest BCUT2D eigenvalue weighted by Gasteiger charge is -2.26. The molecule has 4 rings (SSSR count). The van der Waals surface area contributed by atoms with Crippen LogP contribution in [-0.2, 0) is 24.1 Å². The molecule has 2 unspecified atom stereocenters.